The second-order valence-corrected chi connectivity index (χ2v) is 8.08. The first-order valence-corrected chi connectivity index (χ1v) is 10.4. The number of anilines is 5. The molecule has 2 N–H and O–H groups in total. The topological polar surface area (TPSA) is 89.4 Å². The van der Waals surface area contributed by atoms with Crippen LogP contribution in [0.3, 0.4) is 0 Å². The molecule has 5 rings (SSSR count). The molecule has 0 amide bonds. The zero-order chi connectivity index (χ0) is 22.2. The quantitative estimate of drug-likeness (QED) is 0.455. The number of nitrogens with zero attached hydrogens (tertiary/aromatic N) is 5. The Morgan fingerprint density at radius 3 is 2.59 bits per heavy atom. The first-order chi connectivity index (χ1) is 15.5. The summed E-state index contributed by atoms with van der Waals surface area (Å²) >= 11 is 0. The predicted octanol–water partition coefficient (Wildman–Crippen LogP) is 4.69. The Hall–Kier alpha value is -4.01. The lowest BCUT2D eigenvalue weighted by Crippen LogP contribution is -2.09. The van der Waals surface area contributed by atoms with E-state index in [4.69, 9.17) is 19.4 Å². The van der Waals surface area contributed by atoms with Crippen molar-refractivity contribution in [2.45, 2.75) is 19.9 Å². The molecule has 2 aromatic carbocycles. The summed E-state index contributed by atoms with van der Waals surface area (Å²) < 4.78 is 12.9. The molecule has 9 nitrogen and oxygen atoms in total. The van der Waals surface area contributed by atoms with Crippen molar-refractivity contribution in [1.29, 1.82) is 0 Å². The third kappa shape index (κ3) is 3.73. The third-order valence-corrected chi connectivity index (χ3v) is 5.23. The van der Waals surface area contributed by atoms with Gasteiger partial charge in [-0.1, -0.05) is 6.07 Å². The Labute approximate surface area is 186 Å². The minimum Gasteiger partial charge on any atom is -0.454 e. The van der Waals surface area contributed by atoms with Gasteiger partial charge in [-0.15, -0.1) is 0 Å². The second kappa shape index (κ2) is 7.92. The number of fused-ring (bicyclic) bond motifs is 2. The van der Waals surface area contributed by atoms with E-state index in [2.05, 4.69) is 46.5 Å². The van der Waals surface area contributed by atoms with Gasteiger partial charge in [0.15, 0.2) is 28.5 Å². The van der Waals surface area contributed by atoms with Crippen molar-refractivity contribution in [2.24, 2.45) is 0 Å². The van der Waals surface area contributed by atoms with E-state index in [0.717, 1.165) is 28.5 Å². The molecule has 2 aromatic heterocycles. The Bertz CT molecular complexity index is 1280. The fourth-order valence-electron chi connectivity index (χ4n) is 3.54. The Balaban J connectivity index is 1.55. The lowest BCUT2D eigenvalue weighted by Gasteiger charge is -2.15. The van der Waals surface area contributed by atoms with Gasteiger partial charge in [0.2, 0.25) is 12.7 Å². The maximum Gasteiger partial charge on any atom is 0.231 e. The van der Waals surface area contributed by atoms with Gasteiger partial charge in [0.25, 0.3) is 0 Å². The van der Waals surface area contributed by atoms with Gasteiger partial charge in [0.05, 0.1) is 6.33 Å². The zero-order valence-electron chi connectivity index (χ0n) is 18.5. The SMILES string of the molecule is CC(C)n1cnc2c(Nc3ccc4c(c3)OCO4)nc(Nc3cccc(N(C)C)c3)nc21. The van der Waals surface area contributed by atoms with Gasteiger partial charge in [-0.25, -0.2) is 4.98 Å². The molecule has 0 atom stereocenters. The molecule has 0 fully saturated rings. The third-order valence-electron chi connectivity index (χ3n) is 5.23. The Morgan fingerprint density at radius 1 is 0.969 bits per heavy atom. The van der Waals surface area contributed by atoms with Crippen LogP contribution in [0.2, 0.25) is 0 Å². The summed E-state index contributed by atoms with van der Waals surface area (Å²) in [5, 5.41) is 6.71. The molecule has 32 heavy (non-hydrogen) atoms. The highest BCUT2D eigenvalue weighted by molar-refractivity contribution is 5.87. The fraction of sp³-hybridized carbons (Fsp3) is 0.261. The van der Waals surface area contributed by atoms with Crippen LogP contribution < -0.4 is 25.0 Å². The summed E-state index contributed by atoms with van der Waals surface area (Å²) in [5.41, 5.74) is 4.27. The summed E-state index contributed by atoms with van der Waals surface area (Å²) in [6, 6.07) is 14.0. The molecule has 164 valence electrons. The summed E-state index contributed by atoms with van der Waals surface area (Å²) in [4.78, 5) is 16.1. The summed E-state index contributed by atoms with van der Waals surface area (Å²) in [6.45, 7) is 4.43. The van der Waals surface area contributed by atoms with E-state index in [0.29, 0.717) is 23.0 Å². The van der Waals surface area contributed by atoms with Crippen molar-refractivity contribution in [3.63, 3.8) is 0 Å². The standard InChI is InChI=1S/C23H25N7O2/c1-14(2)30-12-24-20-21(25-16-8-9-18-19(11-16)32-13-31-18)27-23(28-22(20)30)26-15-6-5-7-17(10-15)29(3)4/h5-12,14H,13H2,1-4H3,(H2,25,26,27,28). The fourth-order valence-corrected chi connectivity index (χ4v) is 3.54. The van der Waals surface area contributed by atoms with Crippen LogP contribution in [0.15, 0.2) is 48.8 Å². The molecule has 0 bridgehead atoms. The van der Waals surface area contributed by atoms with Crippen LogP contribution in [-0.4, -0.2) is 40.4 Å². The molecule has 1 aliphatic heterocycles. The van der Waals surface area contributed by atoms with Crippen LogP contribution >= 0.6 is 0 Å². The van der Waals surface area contributed by atoms with Crippen LogP contribution in [0, 0.1) is 0 Å². The molecule has 3 heterocycles. The average Bonchev–Trinajstić information content (AvgIpc) is 3.40. The molecule has 9 heteroatoms. The van der Waals surface area contributed by atoms with Crippen molar-refractivity contribution in [3.05, 3.63) is 48.8 Å². The number of benzene rings is 2. The molecule has 0 unspecified atom stereocenters. The smallest absolute Gasteiger partial charge is 0.231 e. The van der Waals surface area contributed by atoms with E-state index < -0.39 is 0 Å². The number of hydrogen-bond donors (Lipinski definition) is 2. The number of rotatable bonds is 6. The van der Waals surface area contributed by atoms with E-state index in [-0.39, 0.29) is 12.8 Å². The average molecular weight is 432 g/mol. The molecular formula is C23H25N7O2. The Kier molecular flexibility index (Phi) is 4.93. The van der Waals surface area contributed by atoms with E-state index >= 15 is 0 Å². The lowest BCUT2D eigenvalue weighted by atomic mass is 10.2. The maximum absolute atomic E-state index is 5.50. The number of aromatic nitrogens is 4. The van der Waals surface area contributed by atoms with Gasteiger partial charge in [0.1, 0.15) is 0 Å². The first kappa shape index (κ1) is 19.9. The van der Waals surface area contributed by atoms with Crippen molar-refractivity contribution < 1.29 is 9.47 Å². The summed E-state index contributed by atoms with van der Waals surface area (Å²) in [7, 11) is 4.02. The van der Waals surface area contributed by atoms with E-state index in [9.17, 15) is 0 Å². The largest absolute Gasteiger partial charge is 0.454 e. The molecule has 4 aromatic rings. The number of imidazole rings is 1. The van der Waals surface area contributed by atoms with Crippen molar-refractivity contribution >= 4 is 40.0 Å². The molecule has 0 saturated carbocycles. The van der Waals surface area contributed by atoms with Crippen LogP contribution in [0.5, 0.6) is 11.5 Å². The number of nitrogens with one attached hydrogen (secondary N) is 2. The number of ether oxygens (including phenoxy) is 2. The highest BCUT2D eigenvalue weighted by Crippen LogP contribution is 2.36. The van der Waals surface area contributed by atoms with Crippen molar-refractivity contribution in [2.75, 3.05) is 36.4 Å². The highest BCUT2D eigenvalue weighted by atomic mass is 16.7. The van der Waals surface area contributed by atoms with Crippen LogP contribution in [0.1, 0.15) is 19.9 Å². The molecule has 0 radical (unpaired) electrons. The number of hydrogen-bond acceptors (Lipinski definition) is 8. The predicted molar refractivity (Wildman–Crippen MR) is 126 cm³/mol. The lowest BCUT2D eigenvalue weighted by molar-refractivity contribution is 0.174. The van der Waals surface area contributed by atoms with E-state index in [1.807, 2.05) is 49.0 Å². The zero-order valence-corrected chi connectivity index (χ0v) is 18.5. The van der Waals surface area contributed by atoms with Gasteiger partial charge in [0, 0.05) is 43.3 Å². The summed E-state index contributed by atoms with van der Waals surface area (Å²) in [6.07, 6.45) is 1.80. The van der Waals surface area contributed by atoms with Crippen molar-refractivity contribution in [3.8, 4) is 11.5 Å². The normalized spacial score (nSPS) is 12.4. The molecular weight excluding hydrogens is 406 g/mol. The minimum atomic E-state index is 0.207. The molecule has 0 saturated heterocycles. The maximum atomic E-state index is 5.50. The van der Waals surface area contributed by atoms with Gasteiger partial charge in [-0.2, -0.15) is 9.97 Å². The molecule has 0 spiro atoms. The summed E-state index contributed by atoms with van der Waals surface area (Å²) in [5.74, 6) is 2.53. The van der Waals surface area contributed by atoms with Gasteiger partial charge in [-0.05, 0) is 44.2 Å². The van der Waals surface area contributed by atoms with Crippen LogP contribution in [0.25, 0.3) is 11.2 Å². The van der Waals surface area contributed by atoms with Crippen LogP contribution in [-0.2, 0) is 0 Å². The molecule has 1 aliphatic rings. The van der Waals surface area contributed by atoms with Gasteiger partial charge in [-0.3, -0.25) is 0 Å². The second-order valence-electron chi connectivity index (χ2n) is 8.08. The van der Waals surface area contributed by atoms with Crippen molar-refractivity contribution in [1.82, 2.24) is 19.5 Å². The van der Waals surface area contributed by atoms with E-state index in [1.54, 1.807) is 6.33 Å². The Morgan fingerprint density at radius 2 is 1.78 bits per heavy atom. The van der Waals surface area contributed by atoms with Crippen LogP contribution in [0.4, 0.5) is 28.8 Å². The van der Waals surface area contributed by atoms with E-state index in [1.165, 1.54) is 0 Å². The highest BCUT2D eigenvalue weighted by Gasteiger charge is 2.18. The van der Waals surface area contributed by atoms with Gasteiger partial charge >= 0.3 is 0 Å². The minimum absolute atomic E-state index is 0.207. The monoisotopic (exact) mass is 431 g/mol. The van der Waals surface area contributed by atoms with Gasteiger partial charge < -0.3 is 29.6 Å². The molecule has 0 aliphatic carbocycles. The first-order valence-electron chi connectivity index (χ1n) is 10.4.